The second kappa shape index (κ2) is 7.89. The quantitative estimate of drug-likeness (QED) is 0.623. The van der Waals surface area contributed by atoms with Crippen molar-refractivity contribution in [3.05, 3.63) is 60.0 Å². The molecule has 0 radical (unpaired) electrons. The zero-order valence-electron chi connectivity index (χ0n) is 18.0. The van der Waals surface area contributed by atoms with Gasteiger partial charge in [0.25, 0.3) is 5.91 Å². The van der Waals surface area contributed by atoms with E-state index < -0.39 is 0 Å². The minimum absolute atomic E-state index is 0.00359. The van der Waals surface area contributed by atoms with Crippen LogP contribution < -0.4 is 9.47 Å². The van der Waals surface area contributed by atoms with Crippen LogP contribution in [0.5, 0.6) is 11.5 Å². The minimum atomic E-state index is -0.157. The predicted octanol–water partition coefficient (Wildman–Crippen LogP) is 3.75. The van der Waals surface area contributed by atoms with Crippen molar-refractivity contribution in [2.75, 3.05) is 13.2 Å². The van der Waals surface area contributed by atoms with E-state index >= 15 is 0 Å². The highest BCUT2D eigenvalue weighted by molar-refractivity contribution is 5.78. The van der Waals surface area contributed by atoms with E-state index in [-0.39, 0.29) is 18.1 Å². The Morgan fingerprint density at radius 3 is 2.27 bits per heavy atom. The fourth-order valence-electron chi connectivity index (χ4n) is 3.62. The Kier molecular flexibility index (Phi) is 5.28. The van der Waals surface area contributed by atoms with Gasteiger partial charge in [-0.15, -0.1) is 0 Å². The van der Waals surface area contributed by atoms with Crippen LogP contribution in [-0.4, -0.2) is 38.4 Å². The number of fused-ring (bicyclic) bond motifs is 1. The first-order valence-corrected chi connectivity index (χ1v) is 10.2. The Hall–Kier alpha value is -3.22. The van der Waals surface area contributed by atoms with Gasteiger partial charge in [0.05, 0.1) is 30.9 Å². The molecule has 0 saturated heterocycles. The molecule has 158 valence electrons. The van der Waals surface area contributed by atoms with Crippen LogP contribution in [0.4, 0.5) is 0 Å². The third-order valence-electron chi connectivity index (χ3n) is 5.06. The molecule has 1 aliphatic heterocycles. The number of ether oxygens (including phenoxy) is 2. The van der Waals surface area contributed by atoms with Crippen LogP contribution in [0.2, 0.25) is 0 Å². The summed E-state index contributed by atoms with van der Waals surface area (Å²) in [5.41, 5.74) is 1.88. The number of carbonyl (C=O) groups is 1. The molecule has 0 spiro atoms. The van der Waals surface area contributed by atoms with E-state index in [4.69, 9.17) is 14.6 Å². The maximum Gasteiger partial charge on any atom is 0.261 e. The van der Waals surface area contributed by atoms with Crippen LogP contribution in [-0.2, 0) is 23.4 Å². The average molecular weight is 409 g/mol. The maximum atomic E-state index is 12.8. The molecule has 0 fully saturated rings. The summed E-state index contributed by atoms with van der Waals surface area (Å²) in [4.78, 5) is 14.6. The van der Waals surface area contributed by atoms with Crippen molar-refractivity contribution >= 4 is 5.91 Å². The molecule has 0 atom stereocenters. The lowest BCUT2D eigenvalue weighted by molar-refractivity contribution is -0.134. The van der Waals surface area contributed by atoms with E-state index in [0.29, 0.717) is 25.4 Å². The molecule has 3 aromatic rings. The number of rotatable bonds is 6. The van der Waals surface area contributed by atoms with Gasteiger partial charge < -0.3 is 18.9 Å². The van der Waals surface area contributed by atoms with Crippen LogP contribution in [0.3, 0.4) is 0 Å². The second-order valence-corrected chi connectivity index (χ2v) is 8.36. The summed E-state index contributed by atoms with van der Waals surface area (Å²) < 4.78 is 15.2. The lowest BCUT2D eigenvalue weighted by Crippen LogP contribution is -2.32. The van der Waals surface area contributed by atoms with Crippen LogP contribution in [0, 0.1) is 0 Å². The van der Waals surface area contributed by atoms with Gasteiger partial charge >= 0.3 is 0 Å². The first-order chi connectivity index (χ1) is 14.4. The minimum Gasteiger partial charge on any atom is -0.494 e. The molecule has 0 unspecified atom stereocenters. The number of amides is 1. The van der Waals surface area contributed by atoms with E-state index in [9.17, 15) is 4.79 Å². The van der Waals surface area contributed by atoms with Crippen molar-refractivity contribution in [2.24, 2.45) is 0 Å². The normalized spacial score (nSPS) is 13.4. The lowest BCUT2D eigenvalue weighted by atomic mass is 10.1. The highest BCUT2D eigenvalue weighted by atomic mass is 16.5. The Bertz CT molecular complexity index is 1010. The molecule has 1 amide bonds. The third-order valence-corrected chi connectivity index (χ3v) is 5.06. The van der Waals surface area contributed by atoms with Crippen LogP contribution in [0.15, 0.2) is 48.8 Å². The number of aromatic nitrogens is 3. The molecule has 1 aromatic carbocycles. The molecule has 7 heteroatoms. The molecular weight excluding hydrogens is 380 g/mol. The molecule has 1 aliphatic rings. The molecule has 2 aromatic heterocycles. The van der Waals surface area contributed by atoms with Crippen molar-refractivity contribution in [2.45, 2.75) is 46.3 Å². The molecule has 4 rings (SSSR count). The summed E-state index contributed by atoms with van der Waals surface area (Å²) in [7, 11) is 0. The van der Waals surface area contributed by atoms with E-state index in [1.54, 1.807) is 4.90 Å². The van der Waals surface area contributed by atoms with Gasteiger partial charge in [0.1, 0.15) is 17.3 Å². The Balaban J connectivity index is 1.46. The first kappa shape index (κ1) is 20.1. The monoisotopic (exact) mass is 408 g/mol. The number of carbonyl (C=O) groups excluding carboxylic acids is 1. The molecule has 3 heterocycles. The Morgan fingerprint density at radius 2 is 1.67 bits per heavy atom. The zero-order valence-corrected chi connectivity index (χ0v) is 18.0. The summed E-state index contributed by atoms with van der Waals surface area (Å²) in [6, 6.07) is 11.3. The van der Waals surface area contributed by atoms with Gasteiger partial charge in [-0.2, -0.15) is 5.10 Å². The zero-order chi connectivity index (χ0) is 21.3. The first-order valence-electron chi connectivity index (χ1n) is 10.2. The predicted molar refractivity (Wildman–Crippen MR) is 114 cm³/mol. The number of nitrogens with zero attached hydrogens (tertiary/aromatic N) is 4. The molecule has 0 aliphatic carbocycles. The van der Waals surface area contributed by atoms with E-state index in [1.807, 2.05) is 55.7 Å². The van der Waals surface area contributed by atoms with Gasteiger partial charge in [0.2, 0.25) is 0 Å². The number of benzene rings is 1. The Labute approximate surface area is 176 Å². The van der Waals surface area contributed by atoms with Gasteiger partial charge in [0, 0.05) is 18.0 Å². The molecule has 7 nitrogen and oxygen atoms in total. The maximum absolute atomic E-state index is 12.8. The van der Waals surface area contributed by atoms with Crippen molar-refractivity contribution in [3.8, 4) is 17.3 Å². The molecule has 0 saturated carbocycles. The van der Waals surface area contributed by atoms with Crippen molar-refractivity contribution in [1.82, 2.24) is 19.2 Å². The summed E-state index contributed by atoms with van der Waals surface area (Å²) in [5.74, 6) is 2.40. The van der Waals surface area contributed by atoms with E-state index in [1.165, 1.54) is 0 Å². The van der Waals surface area contributed by atoms with Crippen LogP contribution >= 0.6 is 0 Å². The highest BCUT2D eigenvalue weighted by Gasteiger charge is 2.33. The molecule has 30 heavy (non-hydrogen) atoms. The van der Waals surface area contributed by atoms with E-state index in [0.717, 1.165) is 22.8 Å². The fourth-order valence-corrected chi connectivity index (χ4v) is 3.62. The number of hydrogen-bond acceptors (Lipinski definition) is 4. The fraction of sp³-hybridized carbons (Fsp3) is 0.391. The smallest absolute Gasteiger partial charge is 0.261 e. The van der Waals surface area contributed by atoms with Gasteiger partial charge in [-0.25, -0.2) is 4.68 Å². The van der Waals surface area contributed by atoms with Gasteiger partial charge in [0.15, 0.2) is 6.61 Å². The van der Waals surface area contributed by atoms with Crippen LogP contribution in [0.25, 0.3) is 5.82 Å². The largest absolute Gasteiger partial charge is 0.494 e. The van der Waals surface area contributed by atoms with Crippen molar-refractivity contribution < 1.29 is 14.3 Å². The molecular formula is C23H28N4O3. The SMILES string of the molecule is CCOc1ccc(OCC(=O)N2Cc3nn(C(C)(C)C)c(-n4cccc4)c3C2)cc1. The van der Waals surface area contributed by atoms with Gasteiger partial charge in [-0.05, 0) is 64.1 Å². The third kappa shape index (κ3) is 3.92. The highest BCUT2D eigenvalue weighted by Crippen LogP contribution is 2.32. The number of hydrogen-bond donors (Lipinski definition) is 0. The van der Waals surface area contributed by atoms with Crippen molar-refractivity contribution in [3.63, 3.8) is 0 Å². The lowest BCUT2D eigenvalue weighted by Gasteiger charge is -2.24. The summed E-state index contributed by atoms with van der Waals surface area (Å²) in [6.45, 7) is 9.99. The van der Waals surface area contributed by atoms with Crippen molar-refractivity contribution in [1.29, 1.82) is 0 Å². The summed E-state index contributed by atoms with van der Waals surface area (Å²) in [6.07, 6.45) is 4.03. The van der Waals surface area contributed by atoms with Gasteiger partial charge in [-0.1, -0.05) is 0 Å². The van der Waals surface area contributed by atoms with Crippen LogP contribution in [0.1, 0.15) is 39.0 Å². The van der Waals surface area contributed by atoms with Gasteiger partial charge in [-0.3, -0.25) is 4.79 Å². The summed E-state index contributed by atoms with van der Waals surface area (Å²) in [5, 5.41) is 4.84. The average Bonchev–Trinajstić information content (AvgIpc) is 3.42. The second-order valence-electron chi connectivity index (χ2n) is 8.36. The molecule has 0 N–H and O–H groups in total. The standard InChI is InChI=1S/C23H28N4O3/c1-5-29-17-8-10-18(11-9-17)30-16-21(28)26-14-19-20(15-26)24-27(23(2,3)4)22(19)25-12-6-7-13-25/h6-13H,5,14-16H2,1-4H3. The summed E-state index contributed by atoms with van der Waals surface area (Å²) >= 11 is 0. The molecule has 0 bridgehead atoms. The topological polar surface area (TPSA) is 61.5 Å². The Morgan fingerprint density at radius 1 is 1.03 bits per heavy atom. The van der Waals surface area contributed by atoms with E-state index in [2.05, 4.69) is 30.0 Å².